The summed E-state index contributed by atoms with van der Waals surface area (Å²) in [5.41, 5.74) is 7.19. The first-order valence-electron chi connectivity index (χ1n) is 6.67. The molecule has 1 aromatic carbocycles. The molecule has 0 atom stereocenters. The van der Waals surface area contributed by atoms with E-state index in [0.29, 0.717) is 0 Å². The van der Waals surface area contributed by atoms with E-state index in [-0.39, 0.29) is 0 Å². The molecule has 0 radical (unpaired) electrons. The molecule has 0 bridgehead atoms. The number of aryl methyl sites for hydroxylation is 2. The number of hydrazine groups is 1. The number of pyridine rings is 1. The Morgan fingerprint density at radius 2 is 2.06 bits per heavy atom. The third-order valence-electron chi connectivity index (χ3n) is 3.26. The molecular formula is C15H21N3. The summed E-state index contributed by atoms with van der Waals surface area (Å²) in [5.74, 6) is 5.61. The van der Waals surface area contributed by atoms with E-state index in [9.17, 15) is 0 Å². The molecule has 18 heavy (non-hydrogen) atoms. The first-order valence-corrected chi connectivity index (χ1v) is 6.67. The van der Waals surface area contributed by atoms with Gasteiger partial charge in [0.15, 0.2) is 0 Å². The van der Waals surface area contributed by atoms with Gasteiger partial charge < -0.3 is 5.43 Å². The van der Waals surface area contributed by atoms with Gasteiger partial charge in [0.2, 0.25) is 0 Å². The van der Waals surface area contributed by atoms with E-state index in [0.717, 1.165) is 35.1 Å². The molecule has 3 N–H and O–H groups in total. The van der Waals surface area contributed by atoms with Crippen molar-refractivity contribution in [3.63, 3.8) is 0 Å². The Morgan fingerprint density at radius 3 is 2.72 bits per heavy atom. The van der Waals surface area contributed by atoms with Crippen molar-refractivity contribution in [3.05, 3.63) is 35.5 Å². The van der Waals surface area contributed by atoms with Crippen LogP contribution in [0.1, 0.15) is 37.9 Å². The largest absolute Gasteiger partial charge is 0.323 e. The molecule has 3 nitrogen and oxygen atoms in total. The van der Waals surface area contributed by atoms with Gasteiger partial charge in [-0.15, -0.1) is 0 Å². The highest BCUT2D eigenvalue weighted by Gasteiger charge is 2.05. The second-order valence-corrected chi connectivity index (χ2v) is 4.61. The van der Waals surface area contributed by atoms with E-state index < -0.39 is 0 Å². The molecule has 2 rings (SSSR count). The van der Waals surface area contributed by atoms with Crippen LogP contribution in [0.2, 0.25) is 0 Å². The van der Waals surface area contributed by atoms with Crippen molar-refractivity contribution in [2.24, 2.45) is 5.84 Å². The second-order valence-electron chi connectivity index (χ2n) is 4.61. The van der Waals surface area contributed by atoms with Crippen molar-refractivity contribution in [1.29, 1.82) is 0 Å². The van der Waals surface area contributed by atoms with Crippen LogP contribution in [-0.4, -0.2) is 4.98 Å². The number of rotatable bonds is 5. The normalized spacial score (nSPS) is 10.8. The van der Waals surface area contributed by atoms with Crippen LogP contribution in [0, 0.1) is 0 Å². The van der Waals surface area contributed by atoms with Gasteiger partial charge in [-0.25, -0.2) is 0 Å². The Balaban J connectivity index is 2.47. The lowest BCUT2D eigenvalue weighted by atomic mass is 10.0. The number of unbranched alkanes of at least 4 members (excludes halogenated alkanes) is 1. The summed E-state index contributed by atoms with van der Waals surface area (Å²) in [6.07, 6.45) is 4.47. The Kier molecular flexibility index (Phi) is 4.15. The number of hydrogen-bond donors (Lipinski definition) is 2. The minimum Gasteiger partial charge on any atom is -0.323 e. The number of aromatic nitrogens is 1. The molecule has 0 saturated heterocycles. The van der Waals surface area contributed by atoms with Crippen molar-refractivity contribution in [3.8, 4) is 0 Å². The smallest absolute Gasteiger partial charge is 0.0726 e. The number of nitrogens with zero attached hydrogens (tertiary/aromatic N) is 1. The SMILES string of the molecule is CCCCc1ccc2nc(CC)cc(NN)c2c1. The van der Waals surface area contributed by atoms with Crippen LogP contribution in [0.5, 0.6) is 0 Å². The van der Waals surface area contributed by atoms with Gasteiger partial charge in [0.05, 0.1) is 11.2 Å². The van der Waals surface area contributed by atoms with Crippen molar-refractivity contribution >= 4 is 16.6 Å². The maximum atomic E-state index is 5.61. The minimum atomic E-state index is 0.919. The zero-order chi connectivity index (χ0) is 13.0. The van der Waals surface area contributed by atoms with Crippen molar-refractivity contribution in [1.82, 2.24) is 4.98 Å². The topological polar surface area (TPSA) is 50.9 Å². The molecule has 0 unspecified atom stereocenters. The predicted molar refractivity (Wildman–Crippen MR) is 77.5 cm³/mol. The molecule has 3 heteroatoms. The van der Waals surface area contributed by atoms with Gasteiger partial charge >= 0.3 is 0 Å². The molecule has 0 amide bonds. The highest BCUT2D eigenvalue weighted by Crippen LogP contribution is 2.24. The lowest BCUT2D eigenvalue weighted by Gasteiger charge is -2.09. The van der Waals surface area contributed by atoms with E-state index in [2.05, 4.69) is 42.5 Å². The number of nitrogen functional groups attached to an aromatic ring is 1. The zero-order valence-corrected chi connectivity index (χ0v) is 11.2. The fraction of sp³-hybridized carbons (Fsp3) is 0.400. The first-order chi connectivity index (χ1) is 8.78. The molecular weight excluding hydrogens is 222 g/mol. The molecule has 2 aromatic rings. The Hall–Kier alpha value is -1.61. The molecule has 0 fully saturated rings. The summed E-state index contributed by atoms with van der Waals surface area (Å²) >= 11 is 0. The molecule has 0 aliphatic heterocycles. The monoisotopic (exact) mass is 243 g/mol. The van der Waals surface area contributed by atoms with Gasteiger partial charge in [-0.3, -0.25) is 10.8 Å². The van der Waals surface area contributed by atoms with Gasteiger partial charge in [-0.1, -0.05) is 26.3 Å². The summed E-state index contributed by atoms with van der Waals surface area (Å²) in [6, 6.07) is 8.50. The number of hydrogen-bond acceptors (Lipinski definition) is 3. The Bertz CT molecular complexity index is 534. The van der Waals surface area contributed by atoms with Crippen LogP contribution < -0.4 is 11.3 Å². The molecule has 0 saturated carbocycles. The van der Waals surface area contributed by atoms with E-state index >= 15 is 0 Å². The van der Waals surface area contributed by atoms with Crippen LogP contribution in [0.25, 0.3) is 10.9 Å². The average Bonchev–Trinajstić information content (AvgIpc) is 2.43. The summed E-state index contributed by atoms with van der Waals surface area (Å²) in [7, 11) is 0. The van der Waals surface area contributed by atoms with Gasteiger partial charge in [0.25, 0.3) is 0 Å². The van der Waals surface area contributed by atoms with Crippen molar-refractivity contribution < 1.29 is 0 Å². The van der Waals surface area contributed by atoms with Gasteiger partial charge in [-0.2, -0.15) is 0 Å². The minimum absolute atomic E-state index is 0.919. The Morgan fingerprint density at radius 1 is 1.22 bits per heavy atom. The molecule has 0 aliphatic carbocycles. The van der Waals surface area contributed by atoms with Crippen LogP contribution >= 0.6 is 0 Å². The van der Waals surface area contributed by atoms with Gasteiger partial charge in [-0.05, 0) is 43.0 Å². The van der Waals surface area contributed by atoms with Gasteiger partial charge in [0.1, 0.15) is 0 Å². The molecule has 96 valence electrons. The first kappa shape index (κ1) is 12.8. The fourth-order valence-electron chi connectivity index (χ4n) is 2.16. The molecule has 0 spiro atoms. The quantitative estimate of drug-likeness (QED) is 0.625. The van der Waals surface area contributed by atoms with Crippen molar-refractivity contribution in [2.45, 2.75) is 39.5 Å². The van der Waals surface area contributed by atoms with E-state index in [1.165, 1.54) is 18.4 Å². The highest BCUT2D eigenvalue weighted by molar-refractivity contribution is 5.91. The van der Waals surface area contributed by atoms with Crippen LogP contribution in [0.4, 0.5) is 5.69 Å². The number of anilines is 1. The zero-order valence-electron chi connectivity index (χ0n) is 11.2. The van der Waals surface area contributed by atoms with Crippen LogP contribution in [-0.2, 0) is 12.8 Å². The summed E-state index contributed by atoms with van der Waals surface area (Å²) in [4.78, 5) is 4.63. The predicted octanol–water partition coefficient (Wildman–Crippen LogP) is 3.43. The average molecular weight is 243 g/mol. The maximum absolute atomic E-state index is 5.61. The number of benzene rings is 1. The van der Waals surface area contributed by atoms with E-state index in [1.54, 1.807) is 0 Å². The summed E-state index contributed by atoms with van der Waals surface area (Å²) in [5, 5.41) is 1.11. The molecule has 1 heterocycles. The van der Waals surface area contributed by atoms with Crippen LogP contribution in [0.15, 0.2) is 24.3 Å². The third kappa shape index (κ3) is 2.62. The van der Waals surface area contributed by atoms with E-state index in [1.807, 2.05) is 6.07 Å². The molecule has 0 aliphatic rings. The van der Waals surface area contributed by atoms with E-state index in [4.69, 9.17) is 5.84 Å². The Labute approximate surface area is 108 Å². The van der Waals surface area contributed by atoms with Crippen LogP contribution in [0.3, 0.4) is 0 Å². The summed E-state index contributed by atoms with van der Waals surface area (Å²) in [6.45, 7) is 4.31. The number of nitrogens with one attached hydrogen (secondary N) is 1. The standard InChI is InChI=1S/C15H21N3/c1-3-5-6-11-7-8-14-13(9-11)15(18-16)10-12(4-2)17-14/h7-10H,3-6,16H2,1-2H3,(H,17,18). The lowest BCUT2D eigenvalue weighted by molar-refractivity contribution is 0.796. The third-order valence-corrected chi connectivity index (χ3v) is 3.26. The lowest BCUT2D eigenvalue weighted by Crippen LogP contribution is -2.08. The summed E-state index contributed by atoms with van der Waals surface area (Å²) < 4.78 is 0. The number of fused-ring (bicyclic) bond motifs is 1. The van der Waals surface area contributed by atoms with Gasteiger partial charge in [0, 0.05) is 11.1 Å². The molecule has 1 aromatic heterocycles. The maximum Gasteiger partial charge on any atom is 0.0726 e. The van der Waals surface area contributed by atoms with Crippen molar-refractivity contribution in [2.75, 3.05) is 5.43 Å². The highest BCUT2D eigenvalue weighted by atomic mass is 15.2. The fourth-order valence-corrected chi connectivity index (χ4v) is 2.16. The second kappa shape index (κ2) is 5.83. The number of nitrogens with two attached hydrogens (primary N) is 1.